The third-order valence-corrected chi connectivity index (χ3v) is 6.47. The molecule has 5 aromatic rings. The van der Waals surface area contributed by atoms with Gasteiger partial charge in [0.1, 0.15) is 23.0 Å². The molecule has 5 rings (SSSR count). The van der Waals surface area contributed by atoms with Crippen molar-refractivity contribution in [3.05, 3.63) is 105 Å². The van der Waals surface area contributed by atoms with E-state index in [2.05, 4.69) is 20.9 Å². The Morgan fingerprint density at radius 1 is 0.935 bits per heavy atom. The maximum absolute atomic E-state index is 12.9. The van der Waals surface area contributed by atoms with Gasteiger partial charge in [0.15, 0.2) is 0 Å². The maximum atomic E-state index is 12.9. The molecule has 0 saturated heterocycles. The summed E-state index contributed by atoms with van der Waals surface area (Å²) in [5.74, 6) is 1.15. The first-order valence-corrected chi connectivity index (χ1v) is 11.3. The van der Waals surface area contributed by atoms with Gasteiger partial charge in [-0.25, -0.2) is 4.98 Å². The van der Waals surface area contributed by atoms with Gasteiger partial charge < -0.3 is 9.72 Å². The number of ether oxygens (including phenoxy) is 1. The van der Waals surface area contributed by atoms with E-state index in [1.54, 1.807) is 0 Å². The molecule has 4 nitrogen and oxygen atoms in total. The topological polar surface area (TPSA) is 55.0 Å². The number of benzene rings is 3. The van der Waals surface area contributed by atoms with Gasteiger partial charge in [0.05, 0.1) is 10.9 Å². The molecule has 0 fully saturated rings. The fraction of sp³-hybridized carbons (Fsp3) is 0.0400. The van der Waals surface area contributed by atoms with Crippen LogP contribution in [0.5, 0.6) is 5.75 Å². The summed E-state index contributed by atoms with van der Waals surface area (Å²) in [5.41, 5.74) is 2.71. The number of nitrogens with zero attached hydrogens (tertiary/aromatic N) is 1. The quantitative estimate of drug-likeness (QED) is 0.300. The van der Waals surface area contributed by atoms with Crippen LogP contribution in [0, 0.1) is 0 Å². The van der Waals surface area contributed by atoms with Gasteiger partial charge >= 0.3 is 0 Å². The summed E-state index contributed by atoms with van der Waals surface area (Å²) in [6, 6.07) is 27.6. The number of H-pyrrole nitrogens is 1. The van der Waals surface area contributed by atoms with Crippen molar-refractivity contribution in [2.75, 3.05) is 0 Å². The van der Waals surface area contributed by atoms with Crippen LogP contribution < -0.4 is 10.3 Å². The molecule has 0 spiro atoms. The molecule has 2 aromatic heterocycles. The Balaban J connectivity index is 1.56. The van der Waals surface area contributed by atoms with Gasteiger partial charge in [-0.1, -0.05) is 76.6 Å². The summed E-state index contributed by atoms with van der Waals surface area (Å²) >= 11 is 5.03. The van der Waals surface area contributed by atoms with Crippen LogP contribution in [0.4, 0.5) is 0 Å². The molecule has 0 radical (unpaired) electrons. The third kappa shape index (κ3) is 4.17. The lowest BCUT2D eigenvalue weighted by atomic mass is 10.1. The second-order valence-corrected chi connectivity index (χ2v) is 8.97. The molecule has 1 N–H and O–H groups in total. The summed E-state index contributed by atoms with van der Waals surface area (Å²) in [4.78, 5) is 22.3. The highest BCUT2D eigenvalue weighted by atomic mass is 79.9. The van der Waals surface area contributed by atoms with Gasteiger partial charge in [0.25, 0.3) is 5.56 Å². The lowest BCUT2D eigenvalue weighted by molar-refractivity contribution is 0.307. The van der Waals surface area contributed by atoms with Crippen molar-refractivity contribution in [3.63, 3.8) is 0 Å². The molecule has 3 aromatic carbocycles. The van der Waals surface area contributed by atoms with Crippen LogP contribution in [0.1, 0.15) is 5.56 Å². The molecule has 0 aliphatic rings. The van der Waals surface area contributed by atoms with E-state index in [1.165, 1.54) is 11.3 Å². The Morgan fingerprint density at radius 3 is 2.45 bits per heavy atom. The Bertz CT molecular complexity index is 1410. The van der Waals surface area contributed by atoms with Crippen LogP contribution in [0.15, 0.2) is 94.2 Å². The van der Waals surface area contributed by atoms with Crippen molar-refractivity contribution in [1.82, 2.24) is 9.97 Å². The molecule has 31 heavy (non-hydrogen) atoms. The fourth-order valence-electron chi connectivity index (χ4n) is 3.35. The summed E-state index contributed by atoms with van der Waals surface area (Å²) in [6.07, 6.45) is 0. The zero-order chi connectivity index (χ0) is 21.2. The second-order valence-electron chi connectivity index (χ2n) is 7.02. The molecule has 0 amide bonds. The Kier molecular flexibility index (Phi) is 5.40. The van der Waals surface area contributed by atoms with E-state index in [4.69, 9.17) is 9.72 Å². The number of aromatic nitrogens is 2. The number of hydrogen-bond donors (Lipinski definition) is 1. The summed E-state index contributed by atoms with van der Waals surface area (Å²) in [6.45, 7) is 0.430. The summed E-state index contributed by atoms with van der Waals surface area (Å²) < 4.78 is 6.96. The molecular weight excluding hydrogens is 472 g/mol. The molecule has 0 bridgehead atoms. The molecule has 2 heterocycles. The van der Waals surface area contributed by atoms with E-state index in [-0.39, 0.29) is 5.56 Å². The predicted molar refractivity (Wildman–Crippen MR) is 130 cm³/mol. The number of rotatable bonds is 5. The second kappa shape index (κ2) is 8.49. The van der Waals surface area contributed by atoms with Gasteiger partial charge in [0.2, 0.25) is 0 Å². The number of fused-ring (bicyclic) bond motifs is 1. The minimum Gasteiger partial charge on any atom is -0.488 e. The van der Waals surface area contributed by atoms with Crippen LogP contribution in [0.3, 0.4) is 0 Å². The Labute approximate surface area is 191 Å². The largest absolute Gasteiger partial charge is 0.488 e. The normalized spacial score (nSPS) is 11.0. The molecule has 0 saturated carbocycles. The average Bonchev–Trinajstić information content (AvgIpc) is 3.24. The highest BCUT2D eigenvalue weighted by Gasteiger charge is 2.15. The van der Waals surface area contributed by atoms with Gasteiger partial charge in [-0.15, -0.1) is 11.3 Å². The molecule has 152 valence electrons. The Hall–Kier alpha value is -3.22. The monoisotopic (exact) mass is 488 g/mol. The van der Waals surface area contributed by atoms with Crippen LogP contribution in [0.2, 0.25) is 0 Å². The highest BCUT2D eigenvalue weighted by Crippen LogP contribution is 2.34. The van der Waals surface area contributed by atoms with Crippen molar-refractivity contribution < 1.29 is 4.74 Å². The minimum atomic E-state index is -0.160. The van der Waals surface area contributed by atoms with E-state index in [0.717, 1.165) is 26.0 Å². The molecule has 0 aliphatic carbocycles. The highest BCUT2D eigenvalue weighted by molar-refractivity contribution is 9.10. The number of halogens is 1. The zero-order valence-corrected chi connectivity index (χ0v) is 18.7. The molecular formula is C25H17BrN2O2S. The third-order valence-electron chi connectivity index (χ3n) is 4.89. The molecule has 0 atom stereocenters. The average molecular weight is 489 g/mol. The van der Waals surface area contributed by atoms with Gasteiger partial charge in [-0.3, -0.25) is 4.79 Å². The number of nitrogens with one attached hydrogen (secondary N) is 1. The fourth-order valence-corrected chi connectivity index (χ4v) is 4.75. The van der Waals surface area contributed by atoms with E-state index < -0.39 is 0 Å². The lowest BCUT2D eigenvalue weighted by Crippen LogP contribution is -2.08. The minimum absolute atomic E-state index is 0.160. The van der Waals surface area contributed by atoms with E-state index in [0.29, 0.717) is 28.4 Å². The first kappa shape index (κ1) is 19.7. The predicted octanol–water partition coefficient (Wildman–Crippen LogP) is 6.66. The Morgan fingerprint density at radius 2 is 1.68 bits per heavy atom. The number of thiophene rings is 1. The van der Waals surface area contributed by atoms with Gasteiger partial charge in [-0.05, 0) is 35.4 Å². The van der Waals surface area contributed by atoms with Crippen molar-refractivity contribution >= 4 is 37.5 Å². The van der Waals surface area contributed by atoms with Crippen molar-refractivity contribution in [3.8, 4) is 27.6 Å². The van der Waals surface area contributed by atoms with Crippen molar-refractivity contribution in [1.29, 1.82) is 0 Å². The smallest absolute Gasteiger partial charge is 0.259 e. The first-order chi connectivity index (χ1) is 15.2. The van der Waals surface area contributed by atoms with E-state index >= 15 is 0 Å². The molecule has 0 aliphatic heterocycles. The zero-order valence-electron chi connectivity index (χ0n) is 16.3. The van der Waals surface area contributed by atoms with E-state index in [9.17, 15) is 4.79 Å². The summed E-state index contributed by atoms with van der Waals surface area (Å²) in [5, 5.41) is 0.592. The van der Waals surface area contributed by atoms with E-state index in [1.807, 2.05) is 84.9 Å². The SMILES string of the molecule is O=c1[nH]c(-c2cc(Br)ccc2OCc2ccccc2)nc2sc(-c3ccccc3)cc12. The standard InChI is InChI=1S/C25H17BrN2O2S/c26-18-11-12-21(30-15-16-7-3-1-4-8-16)19(13-18)23-27-24(29)20-14-22(31-25(20)28-23)17-9-5-2-6-10-17/h1-14H,15H2,(H,27,28,29). The van der Waals surface area contributed by atoms with Crippen molar-refractivity contribution in [2.45, 2.75) is 6.61 Å². The van der Waals surface area contributed by atoms with Crippen LogP contribution in [0.25, 0.3) is 32.0 Å². The van der Waals surface area contributed by atoms with Crippen LogP contribution in [-0.2, 0) is 6.61 Å². The van der Waals surface area contributed by atoms with Crippen molar-refractivity contribution in [2.24, 2.45) is 0 Å². The van der Waals surface area contributed by atoms with Gasteiger partial charge in [0, 0.05) is 9.35 Å². The number of aromatic amines is 1. The first-order valence-electron chi connectivity index (χ1n) is 9.73. The summed E-state index contributed by atoms with van der Waals surface area (Å²) in [7, 11) is 0. The molecule has 0 unspecified atom stereocenters. The van der Waals surface area contributed by atoms with Crippen LogP contribution >= 0.6 is 27.3 Å². The molecule has 6 heteroatoms. The maximum Gasteiger partial charge on any atom is 0.259 e. The van der Waals surface area contributed by atoms with Crippen LogP contribution in [-0.4, -0.2) is 9.97 Å². The van der Waals surface area contributed by atoms with Gasteiger partial charge in [-0.2, -0.15) is 0 Å². The lowest BCUT2D eigenvalue weighted by Gasteiger charge is -2.12. The number of hydrogen-bond acceptors (Lipinski definition) is 4.